The van der Waals surface area contributed by atoms with Gasteiger partial charge in [0.25, 0.3) is 0 Å². The fourth-order valence-corrected chi connectivity index (χ4v) is 1.76. The second kappa shape index (κ2) is 22.7. The van der Waals surface area contributed by atoms with Gasteiger partial charge in [-0.3, -0.25) is 0 Å². The average Bonchev–Trinajstić information content (AvgIpc) is 2.62. The number of aromatic nitrogens is 2. The van der Waals surface area contributed by atoms with E-state index in [1.807, 2.05) is 74.4 Å². The van der Waals surface area contributed by atoms with Crippen LogP contribution in [0.3, 0.4) is 0 Å². The molecule has 0 radical (unpaired) electrons. The molecule has 3 N–H and O–H groups in total. The number of nitrogens with one attached hydrogen (secondary N) is 1. The molecule has 0 aliphatic carbocycles. The van der Waals surface area contributed by atoms with Crippen molar-refractivity contribution in [3.8, 4) is 0 Å². The van der Waals surface area contributed by atoms with Crippen LogP contribution in [-0.4, -0.2) is 57.6 Å². The number of rotatable bonds is 5. The lowest BCUT2D eigenvalue weighted by Crippen LogP contribution is -2.19. The summed E-state index contributed by atoms with van der Waals surface area (Å²) in [6, 6.07) is 0. The highest BCUT2D eigenvalue weighted by molar-refractivity contribution is 5.75. The van der Waals surface area contributed by atoms with E-state index in [1.54, 1.807) is 13.8 Å². The van der Waals surface area contributed by atoms with Crippen molar-refractivity contribution >= 4 is 5.71 Å². The maximum absolute atomic E-state index is 9.46. The highest BCUT2D eigenvalue weighted by Crippen LogP contribution is 2.13. The summed E-state index contributed by atoms with van der Waals surface area (Å²) in [6.45, 7) is 19.8. The molecule has 0 fully saturated rings. The second-order valence-electron chi connectivity index (χ2n) is 5.57. The van der Waals surface area contributed by atoms with Crippen LogP contribution in [-0.2, 0) is 13.0 Å². The third-order valence-corrected chi connectivity index (χ3v) is 2.58. The van der Waals surface area contributed by atoms with Gasteiger partial charge in [-0.1, -0.05) is 41.5 Å². The maximum Gasteiger partial charge on any atom is 0.142 e. The zero-order chi connectivity index (χ0) is 22.6. The lowest BCUT2D eigenvalue weighted by Gasteiger charge is -2.15. The largest absolute Gasteiger partial charge is 0.394 e. The van der Waals surface area contributed by atoms with Crippen molar-refractivity contribution < 1.29 is 10.2 Å². The van der Waals surface area contributed by atoms with Gasteiger partial charge in [-0.2, -0.15) is 0 Å². The summed E-state index contributed by atoms with van der Waals surface area (Å²) >= 11 is 0. The molecule has 1 aromatic heterocycles. The summed E-state index contributed by atoms with van der Waals surface area (Å²) in [5, 5.41) is 24.8. The molecule has 0 aromatic carbocycles. The highest BCUT2D eigenvalue weighted by atomic mass is 16.3. The Bertz CT molecular complexity index is 436. The van der Waals surface area contributed by atoms with Crippen molar-refractivity contribution in [1.29, 1.82) is 5.41 Å². The molecule has 1 heterocycles. The molecule has 1 atom stereocenters. The first-order valence-corrected chi connectivity index (χ1v) is 9.95. The van der Waals surface area contributed by atoms with E-state index >= 15 is 0 Å². The highest BCUT2D eigenvalue weighted by Gasteiger charge is 2.12. The molecule has 0 aliphatic heterocycles. The van der Waals surface area contributed by atoms with E-state index in [4.69, 9.17) is 10.5 Å². The Hall–Kier alpha value is -1.37. The van der Waals surface area contributed by atoms with Crippen LogP contribution in [0.4, 0.5) is 0 Å². The zero-order valence-electron chi connectivity index (χ0n) is 19.9. The second-order valence-corrected chi connectivity index (χ2v) is 5.57. The van der Waals surface area contributed by atoms with Gasteiger partial charge in [0, 0.05) is 23.5 Å². The molecule has 1 unspecified atom stereocenters. The fourth-order valence-electron chi connectivity index (χ4n) is 1.76. The van der Waals surface area contributed by atoms with Crippen LogP contribution < -0.4 is 0 Å². The van der Waals surface area contributed by atoms with Gasteiger partial charge in [0.15, 0.2) is 0 Å². The maximum atomic E-state index is 9.46. The van der Waals surface area contributed by atoms with Crippen LogP contribution >= 0.6 is 0 Å². The summed E-state index contributed by atoms with van der Waals surface area (Å²) in [6.07, 6.45) is -0.341. The number of aliphatic hydroxyl groups is 2. The summed E-state index contributed by atoms with van der Waals surface area (Å²) in [5.41, 5.74) is 3.35. The summed E-state index contributed by atoms with van der Waals surface area (Å²) in [4.78, 5) is 10.8. The molecule has 0 bridgehead atoms. The van der Waals surface area contributed by atoms with E-state index < -0.39 is 6.10 Å². The third-order valence-electron chi connectivity index (χ3n) is 2.58. The third kappa shape index (κ3) is 20.8. The van der Waals surface area contributed by atoms with Gasteiger partial charge < -0.3 is 20.5 Å². The van der Waals surface area contributed by atoms with Gasteiger partial charge in [-0.05, 0) is 47.4 Å². The Labute approximate surface area is 168 Å². The Morgan fingerprint density at radius 1 is 0.963 bits per heavy atom. The van der Waals surface area contributed by atoms with E-state index in [-0.39, 0.29) is 6.61 Å². The lowest BCUT2D eigenvalue weighted by molar-refractivity contribution is 0.0951. The molecule has 0 spiro atoms. The fraction of sp³-hybridized carbons (Fsp3) is 0.762. The van der Waals surface area contributed by atoms with Gasteiger partial charge in [0.1, 0.15) is 5.82 Å². The Kier molecular flexibility index (Phi) is 27.9. The van der Waals surface area contributed by atoms with Crippen molar-refractivity contribution in [2.75, 3.05) is 20.7 Å². The van der Waals surface area contributed by atoms with Crippen molar-refractivity contribution in [1.82, 2.24) is 14.9 Å². The molecule has 0 saturated carbocycles. The topological polar surface area (TPSA) is 93.3 Å². The van der Waals surface area contributed by atoms with E-state index in [2.05, 4.69) is 9.97 Å². The number of nitrogens with zero attached hydrogens (tertiary/aromatic N) is 3. The number of aryl methyl sites for hydroxylation is 2. The summed E-state index contributed by atoms with van der Waals surface area (Å²) in [7, 11) is 3.94. The van der Waals surface area contributed by atoms with E-state index in [0.29, 0.717) is 18.7 Å². The normalized spacial score (nSPS) is 9.89. The SMILES string of the molecule is CC.CC.CC.CC(C)=N.Cc1nc(CN(C)C)nc(C)c1CC(O)CO. The number of aliphatic hydroxyl groups excluding tert-OH is 2. The van der Waals surface area contributed by atoms with Gasteiger partial charge in [-0.25, -0.2) is 9.97 Å². The summed E-state index contributed by atoms with van der Waals surface area (Å²) in [5.74, 6) is 0.784. The zero-order valence-corrected chi connectivity index (χ0v) is 19.9. The molecule has 6 heteroatoms. The van der Waals surface area contributed by atoms with Gasteiger partial charge in [0.2, 0.25) is 0 Å². The van der Waals surface area contributed by atoms with E-state index in [0.717, 1.165) is 22.8 Å². The molecule has 0 saturated heterocycles. The first kappa shape index (κ1) is 33.2. The van der Waals surface area contributed by atoms with Crippen LogP contribution in [0.25, 0.3) is 0 Å². The van der Waals surface area contributed by atoms with Crippen LogP contribution in [0.5, 0.6) is 0 Å². The predicted molar refractivity (Wildman–Crippen MR) is 119 cm³/mol. The molecule has 162 valence electrons. The predicted octanol–water partition coefficient (Wildman–Crippen LogP) is 4.18. The van der Waals surface area contributed by atoms with Crippen LogP contribution in [0.2, 0.25) is 0 Å². The monoisotopic (exact) mass is 386 g/mol. The molecule has 0 aliphatic rings. The minimum atomic E-state index is -0.740. The Balaban J connectivity index is -0.000000224. The minimum Gasteiger partial charge on any atom is -0.394 e. The van der Waals surface area contributed by atoms with Crippen molar-refractivity contribution in [3.05, 3.63) is 22.8 Å². The lowest BCUT2D eigenvalue weighted by atomic mass is 10.1. The smallest absolute Gasteiger partial charge is 0.142 e. The van der Waals surface area contributed by atoms with Crippen molar-refractivity contribution in [3.63, 3.8) is 0 Å². The van der Waals surface area contributed by atoms with Crippen LogP contribution in [0, 0.1) is 19.3 Å². The molecule has 27 heavy (non-hydrogen) atoms. The molecular weight excluding hydrogens is 340 g/mol. The molecular formula is C21H46N4O2. The first-order chi connectivity index (χ1) is 12.7. The van der Waals surface area contributed by atoms with E-state index in [1.165, 1.54) is 0 Å². The first-order valence-electron chi connectivity index (χ1n) is 9.95. The molecule has 1 rings (SSSR count). The van der Waals surface area contributed by atoms with Crippen molar-refractivity contribution in [2.45, 2.75) is 88.3 Å². The Morgan fingerprint density at radius 3 is 1.56 bits per heavy atom. The molecule has 0 amide bonds. The number of hydrogen-bond acceptors (Lipinski definition) is 6. The summed E-state index contributed by atoms with van der Waals surface area (Å²) < 4.78 is 0. The quantitative estimate of drug-likeness (QED) is 0.660. The van der Waals surface area contributed by atoms with Crippen LogP contribution in [0.1, 0.15) is 78.2 Å². The van der Waals surface area contributed by atoms with Gasteiger partial charge >= 0.3 is 0 Å². The molecule has 6 nitrogen and oxygen atoms in total. The molecule has 1 aromatic rings. The van der Waals surface area contributed by atoms with Gasteiger partial charge in [0.05, 0.1) is 19.3 Å². The van der Waals surface area contributed by atoms with E-state index in [9.17, 15) is 5.11 Å². The minimum absolute atomic E-state index is 0.238. The average molecular weight is 387 g/mol. The van der Waals surface area contributed by atoms with Gasteiger partial charge in [-0.15, -0.1) is 0 Å². The van der Waals surface area contributed by atoms with Crippen LogP contribution in [0.15, 0.2) is 0 Å². The van der Waals surface area contributed by atoms with Crippen molar-refractivity contribution in [2.24, 2.45) is 0 Å². The standard InChI is InChI=1S/C12H21N3O2.C3H7N.3C2H6/c1-8-11(5-10(17)7-16)9(2)14-12(13-8)6-15(3)4;1-3(2)4;3*1-2/h10,16-17H,5-7H2,1-4H3;4H,1-2H3;3*1-2H3. The number of hydrogen-bond donors (Lipinski definition) is 3. The Morgan fingerprint density at radius 2 is 1.30 bits per heavy atom.